The van der Waals surface area contributed by atoms with Crippen LogP contribution >= 0.6 is 51.1 Å². The summed E-state index contributed by atoms with van der Waals surface area (Å²) < 4.78 is 1.10. The Hall–Kier alpha value is -0.620. The molecular weight excluding hydrogens is 364 g/mol. The van der Waals surface area contributed by atoms with Crippen LogP contribution < -0.4 is 10.6 Å². The van der Waals surface area contributed by atoms with E-state index in [2.05, 4.69) is 32.3 Å². The van der Waals surface area contributed by atoms with Crippen LogP contribution in [-0.2, 0) is 6.54 Å². The second kappa shape index (κ2) is 6.22. The van der Waals surface area contributed by atoms with Crippen molar-refractivity contribution < 1.29 is 0 Å². The average Bonchev–Trinajstić information content (AvgIpc) is 2.74. The summed E-state index contributed by atoms with van der Waals surface area (Å²) >= 11 is 16.3. The Kier molecular flexibility index (Phi) is 4.84. The maximum Gasteiger partial charge on any atom is 0.106 e. The number of hydrogen-bond acceptors (Lipinski definition) is 3. The molecule has 0 aliphatic carbocycles. The van der Waals surface area contributed by atoms with E-state index in [1.54, 1.807) is 17.4 Å². The van der Waals surface area contributed by atoms with Crippen molar-refractivity contribution in [3.63, 3.8) is 0 Å². The number of nitrogens with zero attached hydrogens (tertiary/aromatic N) is 1. The summed E-state index contributed by atoms with van der Waals surface area (Å²) in [5, 5.41) is 2.74. The summed E-state index contributed by atoms with van der Waals surface area (Å²) in [6.45, 7) is 0.784. The molecule has 0 unspecified atom stereocenters. The van der Waals surface area contributed by atoms with Crippen molar-refractivity contribution in [2.75, 3.05) is 11.9 Å². The van der Waals surface area contributed by atoms with E-state index >= 15 is 0 Å². The standard InChI is InChI=1S/C13H12BrClN2S2/c1-17(6-10-4-8(14)7-19-10)12-5-9(15)2-3-11(12)13(16)18/h2-5,7H,6H2,1H3,(H2,16,18). The van der Waals surface area contributed by atoms with Crippen molar-refractivity contribution in [2.24, 2.45) is 5.73 Å². The van der Waals surface area contributed by atoms with Crippen LogP contribution in [0.25, 0.3) is 0 Å². The molecule has 0 bridgehead atoms. The van der Waals surface area contributed by atoms with Crippen LogP contribution in [0.3, 0.4) is 0 Å². The van der Waals surface area contributed by atoms with E-state index in [4.69, 9.17) is 29.6 Å². The molecule has 0 radical (unpaired) electrons. The monoisotopic (exact) mass is 374 g/mol. The second-order valence-corrected chi connectivity index (χ2v) is 6.90. The topological polar surface area (TPSA) is 29.3 Å². The van der Waals surface area contributed by atoms with Gasteiger partial charge in [0.2, 0.25) is 0 Å². The molecule has 0 spiro atoms. The summed E-state index contributed by atoms with van der Waals surface area (Å²) in [6.07, 6.45) is 0. The van der Waals surface area contributed by atoms with Gasteiger partial charge in [-0.1, -0.05) is 23.8 Å². The highest BCUT2D eigenvalue weighted by Crippen LogP contribution is 2.27. The average molecular weight is 376 g/mol. The number of rotatable bonds is 4. The Labute approximate surface area is 135 Å². The summed E-state index contributed by atoms with van der Waals surface area (Å²) in [6, 6.07) is 7.65. The summed E-state index contributed by atoms with van der Waals surface area (Å²) in [4.78, 5) is 3.73. The molecule has 1 aromatic heterocycles. The fourth-order valence-corrected chi connectivity index (χ4v) is 3.63. The quantitative estimate of drug-likeness (QED) is 0.801. The van der Waals surface area contributed by atoms with Gasteiger partial charge in [-0.05, 0) is 40.2 Å². The zero-order chi connectivity index (χ0) is 14.0. The van der Waals surface area contributed by atoms with E-state index in [0.717, 1.165) is 22.3 Å². The van der Waals surface area contributed by atoms with E-state index in [-0.39, 0.29) is 0 Å². The molecule has 6 heteroatoms. The molecule has 0 saturated carbocycles. The Morgan fingerprint density at radius 1 is 1.47 bits per heavy atom. The highest BCUT2D eigenvalue weighted by Gasteiger charge is 2.11. The molecule has 2 nitrogen and oxygen atoms in total. The second-order valence-electron chi connectivity index (χ2n) is 4.11. The van der Waals surface area contributed by atoms with Crippen LogP contribution in [0.5, 0.6) is 0 Å². The Morgan fingerprint density at radius 3 is 2.79 bits per heavy atom. The molecule has 1 heterocycles. The highest BCUT2D eigenvalue weighted by atomic mass is 79.9. The van der Waals surface area contributed by atoms with Crippen molar-refractivity contribution in [3.05, 3.63) is 49.6 Å². The lowest BCUT2D eigenvalue weighted by Gasteiger charge is -2.21. The normalized spacial score (nSPS) is 10.5. The van der Waals surface area contributed by atoms with Gasteiger partial charge in [0.1, 0.15) is 4.99 Å². The lowest BCUT2D eigenvalue weighted by atomic mass is 10.1. The minimum Gasteiger partial charge on any atom is -0.389 e. The summed E-state index contributed by atoms with van der Waals surface area (Å²) in [7, 11) is 2.00. The molecule has 0 atom stereocenters. The molecule has 2 N–H and O–H groups in total. The molecule has 19 heavy (non-hydrogen) atoms. The number of benzene rings is 1. The molecule has 100 valence electrons. The lowest BCUT2D eigenvalue weighted by Crippen LogP contribution is -2.21. The molecule has 0 saturated heterocycles. The van der Waals surface area contributed by atoms with Crippen LogP contribution in [-0.4, -0.2) is 12.0 Å². The lowest BCUT2D eigenvalue weighted by molar-refractivity contribution is 0.938. The summed E-state index contributed by atoms with van der Waals surface area (Å²) in [5.41, 5.74) is 7.55. The van der Waals surface area contributed by atoms with Gasteiger partial charge in [-0.3, -0.25) is 0 Å². The first-order valence-corrected chi connectivity index (χ1v) is 7.96. The minimum absolute atomic E-state index is 0.380. The molecular formula is C13H12BrClN2S2. The van der Waals surface area contributed by atoms with E-state index < -0.39 is 0 Å². The molecule has 2 rings (SSSR count). The van der Waals surface area contributed by atoms with E-state index in [0.29, 0.717) is 10.0 Å². The number of thiophene rings is 1. The maximum absolute atomic E-state index is 6.06. The van der Waals surface area contributed by atoms with Crippen molar-refractivity contribution in [3.8, 4) is 0 Å². The zero-order valence-electron chi connectivity index (χ0n) is 10.2. The number of anilines is 1. The molecule has 1 aromatic carbocycles. The molecule has 0 amide bonds. The van der Waals surface area contributed by atoms with Gasteiger partial charge in [0.25, 0.3) is 0 Å². The number of hydrogen-bond donors (Lipinski definition) is 1. The largest absolute Gasteiger partial charge is 0.389 e. The number of thiocarbonyl (C=S) groups is 1. The van der Waals surface area contributed by atoms with Gasteiger partial charge in [-0.25, -0.2) is 0 Å². The Bertz CT molecular complexity index is 612. The number of halogens is 2. The van der Waals surface area contributed by atoms with Gasteiger partial charge in [-0.15, -0.1) is 11.3 Å². The predicted octanol–water partition coefficient (Wildman–Crippen LogP) is 4.43. The van der Waals surface area contributed by atoms with Crippen molar-refractivity contribution in [2.45, 2.75) is 6.54 Å². The van der Waals surface area contributed by atoms with Crippen LogP contribution in [0.4, 0.5) is 5.69 Å². The van der Waals surface area contributed by atoms with Crippen LogP contribution in [0.1, 0.15) is 10.4 Å². The molecule has 0 aliphatic heterocycles. The van der Waals surface area contributed by atoms with Crippen molar-refractivity contribution in [1.29, 1.82) is 0 Å². The zero-order valence-corrected chi connectivity index (χ0v) is 14.2. The van der Waals surface area contributed by atoms with Crippen LogP contribution in [0, 0.1) is 0 Å². The van der Waals surface area contributed by atoms with Gasteiger partial charge < -0.3 is 10.6 Å². The van der Waals surface area contributed by atoms with Gasteiger partial charge in [0, 0.05) is 38.1 Å². The summed E-state index contributed by atoms with van der Waals surface area (Å²) in [5.74, 6) is 0. The van der Waals surface area contributed by atoms with E-state index in [1.807, 2.05) is 19.2 Å². The molecule has 0 aliphatic rings. The first-order chi connectivity index (χ1) is 8.97. The van der Waals surface area contributed by atoms with Gasteiger partial charge >= 0.3 is 0 Å². The van der Waals surface area contributed by atoms with Crippen LogP contribution in [0.15, 0.2) is 34.1 Å². The smallest absolute Gasteiger partial charge is 0.106 e. The van der Waals surface area contributed by atoms with E-state index in [9.17, 15) is 0 Å². The minimum atomic E-state index is 0.380. The first kappa shape index (κ1) is 14.8. The van der Waals surface area contributed by atoms with Gasteiger partial charge in [0.05, 0.1) is 6.54 Å². The highest BCUT2D eigenvalue weighted by molar-refractivity contribution is 9.10. The Morgan fingerprint density at radius 2 is 2.21 bits per heavy atom. The first-order valence-electron chi connectivity index (χ1n) is 5.51. The van der Waals surface area contributed by atoms with Gasteiger partial charge in [0.15, 0.2) is 0 Å². The van der Waals surface area contributed by atoms with Crippen molar-refractivity contribution in [1.82, 2.24) is 0 Å². The van der Waals surface area contributed by atoms with E-state index in [1.165, 1.54) is 4.88 Å². The molecule has 2 aromatic rings. The third-order valence-electron chi connectivity index (χ3n) is 2.65. The maximum atomic E-state index is 6.06. The third kappa shape index (κ3) is 3.69. The molecule has 0 fully saturated rings. The Balaban J connectivity index is 2.29. The third-order valence-corrected chi connectivity index (χ3v) is 4.79. The SMILES string of the molecule is CN(Cc1cc(Br)cs1)c1cc(Cl)ccc1C(N)=S. The van der Waals surface area contributed by atoms with Crippen LogP contribution in [0.2, 0.25) is 5.02 Å². The van der Waals surface area contributed by atoms with Gasteiger partial charge in [-0.2, -0.15) is 0 Å². The fourth-order valence-electron chi connectivity index (χ4n) is 1.78. The fraction of sp³-hybridized carbons (Fsp3) is 0.154. The predicted molar refractivity (Wildman–Crippen MR) is 91.5 cm³/mol. The van der Waals surface area contributed by atoms with Crippen molar-refractivity contribution >= 4 is 61.8 Å². The number of nitrogens with two attached hydrogens (primary N) is 1.